The minimum Gasteiger partial charge on any atom is -0.382 e. The van der Waals surface area contributed by atoms with E-state index in [0.29, 0.717) is 38.3 Å². The Bertz CT molecular complexity index is 594. The van der Waals surface area contributed by atoms with Gasteiger partial charge in [0.1, 0.15) is 0 Å². The summed E-state index contributed by atoms with van der Waals surface area (Å²) < 4.78 is 42.9. The zero-order valence-corrected chi connectivity index (χ0v) is 17.7. The molecule has 2 aliphatic carbocycles. The minimum absolute atomic E-state index is 0.386. The molecule has 29 heavy (non-hydrogen) atoms. The lowest BCUT2D eigenvalue weighted by Crippen LogP contribution is -2.27. The second-order valence-corrected chi connectivity index (χ2v) is 8.75. The maximum atomic E-state index is 13.5. The summed E-state index contributed by atoms with van der Waals surface area (Å²) in [6.07, 6.45) is 9.76. The second kappa shape index (κ2) is 12.0. The molecule has 2 aliphatic rings. The van der Waals surface area contributed by atoms with E-state index in [1.807, 2.05) is 0 Å². The molecule has 0 aliphatic heterocycles. The van der Waals surface area contributed by atoms with Gasteiger partial charge in [-0.05, 0) is 92.7 Å². The van der Waals surface area contributed by atoms with Crippen LogP contribution in [0.15, 0.2) is 18.2 Å². The third-order valence-corrected chi connectivity index (χ3v) is 6.90. The van der Waals surface area contributed by atoms with E-state index in [2.05, 4.69) is 0 Å². The summed E-state index contributed by atoms with van der Waals surface area (Å²) in [6, 6.07) is 4.43. The van der Waals surface area contributed by atoms with E-state index in [1.54, 1.807) is 13.2 Å². The lowest BCUT2D eigenvalue weighted by atomic mass is 9.68. The first-order chi connectivity index (χ1) is 14.2. The smallest absolute Gasteiger partial charge is 0.159 e. The van der Waals surface area contributed by atoms with Crippen LogP contribution in [0, 0.1) is 29.4 Å². The number of benzene rings is 1. The van der Waals surface area contributed by atoms with E-state index in [9.17, 15) is 8.78 Å². The van der Waals surface area contributed by atoms with Crippen LogP contribution >= 0.6 is 0 Å². The van der Waals surface area contributed by atoms with Crippen molar-refractivity contribution in [2.24, 2.45) is 17.8 Å². The number of methoxy groups -OCH3 is 1. The predicted molar refractivity (Wildman–Crippen MR) is 110 cm³/mol. The van der Waals surface area contributed by atoms with Crippen LogP contribution in [-0.4, -0.2) is 40.1 Å². The average molecular weight is 411 g/mol. The molecule has 164 valence electrons. The first-order valence-corrected chi connectivity index (χ1v) is 11.3. The molecule has 0 aromatic heterocycles. The van der Waals surface area contributed by atoms with Gasteiger partial charge in [-0.1, -0.05) is 6.07 Å². The van der Waals surface area contributed by atoms with Crippen molar-refractivity contribution in [3.05, 3.63) is 35.4 Å². The lowest BCUT2D eigenvalue weighted by Gasteiger charge is -2.38. The van der Waals surface area contributed by atoms with Gasteiger partial charge < -0.3 is 14.2 Å². The molecule has 0 amide bonds. The Balaban J connectivity index is 1.30. The van der Waals surface area contributed by atoms with Crippen molar-refractivity contribution in [1.82, 2.24) is 0 Å². The highest BCUT2D eigenvalue weighted by Crippen LogP contribution is 2.44. The van der Waals surface area contributed by atoms with Crippen molar-refractivity contribution in [3.8, 4) is 0 Å². The van der Waals surface area contributed by atoms with Crippen molar-refractivity contribution in [3.63, 3.8) is 0 Å². The van der Waals surface area contributed by atoms with Crippen LogP contribution in [0.1, 0.15) is 62.8 Å². The molecular weight excluding hydrogens is 374 g/mol. The fraction of sp³-hybridized carbons (Fsp3) is 0.750. The third kappa shape index (κ3) is 7.01. The standard InChI is InChI=1S/C24H36F2O3/c1-27-12-13-28-14-15-29-17-18-2-4-19(5-3-18)20-6-8-21(9-7-20)22-10-11-23(25)24(26)16-22/h10-11,16,18-21H,2-9,12-15,17H2,1H3. The molecular formula is C24H36F2O3. The Kier molecular flexibility index (Phi) is 9.35. The molecule has 0 unspecified atom stereocenters. The van der Waals surface area contributed by atoms with Gasteiger partial charge in [0.15, 0.2) is 11.6 Å². The van der Waals surface area contributed by atoms with Crippen LogP contribution < -0.4 is 0 Å². The number of ether oxygens (including phenoxy) is 3. The average Bonchev–Trinajstić information content (AvgIpc) is 2.76. The first kappa shape index (κ1) is 22.6. The maximum Gasteiger partial charge on any atom is 0.159 e. The fourth-order valence-electron chi connectivity index (χ4n) is 5.13. The highest BCUT2D eigenvalue weighted by atomic mass is 19.2. The Morgan fingerprint density at radius 1 is 0.759 bits per heavy atom. The van der Waals surface area contributed by atoms with E-state index in [1.165, 1.54) is 50.7 Å². The molecule has 0 N–H and O–H groups in total. The Hall–Kier alpha value is -1.04. The van der Waals surface area contributed by atoms with Crippen molar-refractivity contribution >= 4 is 0 Å². The largest absolute Gasteiger partial charge is 0.382 e. The van der Waals surface area contributed by atoms with Gasteiger partial charge in [-0.25, -0.2) is 8.78 Å². The number of hydrogen-bond donors (Lipinski definition) is 0. The molecule has 0 spiro atoms. The number of hydrogen-bond acceptors (Lipinski definition) is 3. The van der Waals surface area contributed by atoms with Gasteiger partial charge in [-0.2, -0.15) is 0 Å². The molecule has 3 nitrogen and oxygen atoms in total. The van der Waals surface area contributed by atoms with Gasteiger partial charge in [-0.15, -0.1) is 0 Å². The normalized spacial score (nSPS) is 27.8. The summed E-state index contributed by atoms with van der Waals surface area (Å²) in [6.45, 7) is 3.41. The van der Waals surface area contributed by atoms with Crippen LogP contribution in [0.2, 0.25) is 0 Å². The van der Waals surface area contributed by atoms with Crippen LogP contribution in [0.5, 0.6) is 0 Å². The van der Waals surface area contributed by atoms with E-state index in [4.69, 9.17) is 14.2 Å². The Morgan fingerprint density at radius 2 is 1.38 bits per heavy atom. The fourth-order valence-corrected chi connectivity index (χ4v) is 5.13. The Morgan fingerprint density at radius 3 is 2.03 bits per heavy atom. The second-order valence-electron chi connectivity index (χ2n) is 8.75. The van der Waals surface area contributed by atoms with Crippen molar-refractivity contribution in [2.75, 3.05) is 40.1 Å². The zero-order chi connectivity index (χ0) is 20.5. The molecule has 1 aromatic rings. The molecule has 5 heteroatoms. The molecule has 0 heterocycles. The molecule has 3 rings (SSSR count). The van der Waals surface area contributed by atoms with Crippen molar-refractivity contribution < 1.29 is 23.0 Å². The third-order valence-electron chi connectivity index (χ3n) is 6.90. The summed E-state index contributed by atoms with van der Waals surface area (Å²) in [5.41, 5.74) is 0.967. The molecule has 0 atom stereocenters. The van der Waals surface area contributed by atoms with E-state index in [0.717, 1.165) is 36.8 Å². The van der Waals surface area contributed by atoms with E-state index < -0.39 is 11.6 Å². The van der Waals surface area contributed by atoms with E-state index >= 15 is 0 Å². The summed E-state index contributed by atoms with van der Waals surface area (Å²) in [5, 5.41) is 0. The van der Waals surface area contributed by atoms with Crippen molar-refractivity contribution in [1.29, 1.82) is 0 Å². The topological polar surface area (TPSA) is 27.7 Å². The van der Waals surface area contributed by atoms with Gasteiger partial charge in [0, 0.05) is 13.7 Å². The Labute approximate surface area is 174 Å². The monoisotopic (exact) mass is 410 g/mol. The minimum atomic E-state index is -0.748. The molecule has 0 saturated heterocycles. The number of rotatable bonds is 10. The summed E-state index contributed by atoms with van der Waals surface area (Å²) >= 11 is 0. The maximum absolute atomic E-state index is 13.5. The zero-order valence-electron chi connectivity index (χ0n) is 17.7. The van der Waals surface area contributed by atoms with Gasteiger partial charge in [-0.3, -0.25) is 0 Å². The lowest BCUT2D eigenvalue weighted by molar-refractivity contribution is 0.00799. The van der Waals surface area contributed by atoms with Gasteiger partial charge >= 0.3 is 0 Å². The molecule has 1 aromatic carbocycles. The SMILES string of the molecule is COCCOCCOCC1CCC(C2CCC(c3ccc(F)c(F)c3)CC2)CC1. The summed E-state index contributed by atoms with van der Waals surface area (Å²) in [4.78, 5) is 0. The van der Waals surface area contributed by atoms with Gasteiger partial charge in [0.25, 0.3) is 0 Å². The first-order valence-electron chi connectivity index (χ1n) is 11.3. The van der Waals surface area contributed by atoms with Crippen molar-refractivity contribution in [2.45, 2.75) is 57.3 Å². The quantitative estimate of drug-likeness (QED) is 0.462. The predicted octanol–water partition coefficient (Wildman–Crippen LogP) is 5.72. The molecule has 0 radical (unpaired) electrons. The highest BCUT2D eigenvalue weighted by Gasteiger charge is 2.31. The van der Waals surface area contributed by atoms with E-state index in [-0.39, 0.29) is 0 Å². The molecule has 2 fully saturated rings. The van der Waals surface area contributed by atoms with Crippen LogP contribution in [0.25, 0.3) is 0 Å². The highest BCUT2D eigenvalue weighted by molar-refractivity contribution is 5.22. The van der Waals surface area contributed by atoms with Gasteiger partial charge in [0.05, 0.1) is 26.4 Å². The summed E-state index contributed by atoms with van der Waals surface area (Å²) in [7, 11) is 1.68. The number of halogens is 2. The summed E-state index contributed by atoms with van der Waals surface area (Å²) in [5.74, 6) is 1.23. The molecule has 2 saturated carbocycles. The van der Waals surface area contributed by atoms with Crippen LogP contribution in [-0.2, 0) is 14.2 Å². The van der Waals surface area contributed by atoms with Gasteiger partial charge in [0.2, 0.25) is 0 Å². The van der Waals surface area contributed by atoms with Crippen LogP contribution in [0.4, 0.5) is 8.78 Å². The molecule has 0 bridgehead atoms. The van der Waals surface area contributed by atoms with Crippen LogP contribution in [0.3, 0.4) is 0 Å².